The van der Waals surface area contributed by atoms with Gasteiger partial charge in [-0.3, -0.25) is 4.79 Å². The lowest BCUT2D eigenvalue weighted by Crippen LogP contribution is -2.36. The van der Waals surface area contributed by atoms with Gasteiger partial charge in [-0.15, -0.1) is 0 Å². The molecule has 116 valence electrons. The fourth-order valence-electron chi connectivity index (χ4n) is 1.73. The number of rotatable bonds is 9. The van der Waals surface area contributed by atoms with Crippen LogP contribution in [0.3, 0.4) is 0 Å². The summed E-state index contributed by atoms with van der Waals surface area (Å²) < 4.78 is 0. The van der Waals surface area contributed by atoms with Gasteiger partial charge >= 0.3 is 0 Å². The zero-order chi connectivity index (χ0) is 15.5. The van der Waals surface area contributed by atoms with E-state index in [2.05, 4.69) is 29.2 Å². The average Bonchev–Trinajstić information content (AvgIpc) is 2.48. The van der Waals surface area contributed by atoms with Crippen molar-refractivity contribution in [3.63, 3.8) is 0 Å². The molecule has 6 heteroatoms. The van der Waals surface area contributed by atoms with Crippen molar-refractivity contribution in [1.82, 2.24) is 10.2 Å². The number of carbonyl (C=O) groups excluding carboxylic acids is 1. The van der Waals surface area contributed by atoms with Crippen LogP contribution in [0.15, 0.2) is 29.4 Å². The van der Waals surface area contributed by atoms with E-state index in [-0.39, 0.29) is 12.5 Å². The third-order valence-electron chi connectivity index (χ3n) is 2.97. The van der Waals surface area contributed by atoms with Crippen LogP contribution < -0.4 is 5.32 Å². The maximum atomic E-state index is 11.5. The summed E-state index contributed by atoms with van der Waals surface area (Å²) >= 11 is 5.84. The van der Waals surface area contributed by atoms with Gasteiger partial charge in [-0.05, 0) is 30.8 Å². The third kappa shape index (κ3) is 7.68. The molecule has 0 saturated heterocycles. The van der Waals surface area contributed by atoms with Crippen LogP contribution in [0, 0.1) is 0 Å². The Morgan fingerprint density at radius 2 is 2.19 bits per heavy atom. The number of hydrogen-bond donors (Lipinski definition) is 1. The van der Waals surface area contributed by atoms with E-state index >= 15 is 0 Å². The highest BCUT2D eigenvalue weighted by Gasteiger charge is 2.02. The molecule has 0 aromatic heterocycles. The summed E-state index contributed by atoms with van der Waals surface area (Å²) in [6.45, 7) is 7.51. The first-order chi connectivity index (χ1) is 10.2. The van der Waals surface area contributed by atoms with Crippen molar-refractivity contribution in [1.29, 1.82) is 0 Å². The van der Waals surface area contributed by atoms with Crippen molar-refractivity contribution in [2.24, 2.45) is 5.16 Å². The number of benzene rings is 1. The summed E-state index contributed by atoms with van der Waals surface area (Å²) in [5.41, 5.74) is 0.824. The van der Waals surface area contributed by atoms with Crippen molar-refractivity contribution >= 4 is 23.7 Å². The SMILES string of the molecule is CCN(CC)CCNC(=O)CO/N=C/c1cccc(Cl)c1. The molecule has 1 rings (SSSR count). The van der Waals surface area contributed by atoms with Crippen LogP contribution in [0.2, 0.25) is 5.02 Å². The van der Waals surface area contributed by atoms with Crippen molar-refractivity contribution in [2.45, 2.75) is 13.8 Å². The molecular formula is C15H22ClN3O2. The molecule has 0 bridgehead atoms. The molecule has 0 fully saturated rings. The molecular weight excluding hydrogens is 290 g/mol. The highest BCUT2D eigenvalue weighted by Crippen LogP contribution is 2.08. The van der Waals surface area contributed by atoms with Crippen LogP contribution in [0.1, 0.15) is 19.4 Å². The summed E-state index contributed by atoms with van der Waals surface area (Å²) in [7, 11) is 0. The Kier molecular flexibility index (Phi) is 8.47. The van der Waals surface area contributed by atoms with Crippen molar-refractivity contribution < 1.29 is 9.63 Å². The molecule has 21 heavy (non-hydrogen) atoms. The van der Waals surface area contributed by atoms with Gasteiger partial charge in [-0.2, -0.15) is 0 Å². The van der Waals surface area contributed by atoms with Crippen molar-refractivity contribution in [3.8, 4) is 0 Å². The number of nitrogens with one attached hydrogen (secondary N) is 1. The molecule has 0 saturated carbocycles. The van der Waals surface area contributed by atoms with Gasteiger partial charge in [0.25, 0.3) is 5.91 Å². The van der Waals surface area contributed by atoms with Crippen LogP contribution in [0.25, 0.3) is 0 Å². The minimum Gasteiger partial charge on any atom is -0.386 e. The van der Waals surface area contributed by atoms with Crippen LogP contribution >= 0.6 is 11.6 Å². The Morgan fingerprint density at radius 1 is 1.43 bits per heavy atom. The van der Waals surface area contributed by atoms with Crippen molar-refractivity contribution in [2.75, 3.05) is 32.8 Å². The molecule has 0 atom stereocenters. The number of likely N-dealkylation sites (N-methyl/N-ethyl adjacent to an activating group) is 1. The lowest BCUT2D eigenvalue weighted by molar-refractivity contribution is -0.125. The Labute approximate surface area is 130 Å². The second-order valence-corrected chi connectivity index (χ2v) is 4.88. The topological polar surface area (TPSA) is 53.9 Å². The van der Waals surface area contributed by atoms with E-state index in [0.29, 0.717) is 11.6 Å². The van der Waals surface area contributed by atoms with Crippen LogP contribution in [0.4, 0.5) is 0 Å². The molecule has 5 nitrogen and oxygen atoms in total. The molecule has 1 N–H and O–H groups in total. The maximum Gasteiger partial charge on any atom is 0.260 e. The van der Waals surface area contributed by atoms with Crippen molar-refractivity contribution in [3.05, 3.63) is 34.9 Å². The Morgan fingerprint density at radius 3 is 2.86 bits per heavy atom. The van der Waals surface area contributed by atoms with Crippen LogP contribution in [-0.2, 0) is 9.63 Å². The van der Waals surface area contributed by atoms with Gasteiger partial charge in [-0.1, -0.05) is 42.7 Å². The summed E-state index contributed by atoms with van der Waals surface area (Å²) in [5.74, 6) is -0.176. The smallest absolute Gasteiger partial charge is 0.260 e. The van der Waals surface area contributed by atoms with Crippen LogP contribution in [-0.4, -0.2) is 49.8 Å². The summed E-state index contributed by atoms with van der Waals surface area (Å²) in [6, 6.07) is 7.22. The molecule has 1 aromatic rings. The van der Waals surface area contributed by atoms with E-state index in [4.69, 9.17) is 16.4 Å². The molecule has 0 aliphatic heterocycles. The maximum absolute atomic E-state index is 11.5. The second kappa shape index (κ2) is 10.2. The minimum absolute atomic E-state index is 0.0880. The molecule has 1 aromatic carbocycles. The van der Waals surface area contributed by atoms with E-state index in [1.807, 2.05) is 12.1 Å². The highest BCUT2D eigenvalue weighted by molar-refractivity contribution is 6.30. The van der Waals surface area contributed by atoms with Gasteiger partial charge in [0.1, 0.15) is 0 Å². The van der Waals surface area contributed by atoms with E-state index in [1.165, 1.54) is 6.21 Å². The first-order valence-electron chi connectivity index (χ1n) is 7.05. The minimum atomic E-state index is -0.176. The lowest BCUT2D eigenvalue weighted by atomic mass is 10.2. The summed E-state index contributed by atoms with van der Waals surface area (Å²) in [4.78, 5) is 18.7. The number of hydrogen-bond acceptors (Lipinski definition) is 4. The number of oxime groups is 1. The summed E-state index contributed by atoms with van der Waals surface area (Å²) in [6.07, 6.45) is 1.52. The van der Waals surface area contributed by atoms with Gasteiger partial charge in [0.05, 0.1) is 6.21 Å². The normalized spacial score (nSPS) is 11.0. The molecule has 0 unspecified atom stereocenters. The molecule has 0 heterocycles. The van der Waals surface area contributed by atoms with E-state index < -0.39 is 0 Å². The standard InChI is InChI=1S/C15H22ClN3O2/c1-3-19(4-2)9-8-17-15(20)12-21-18-11-13-6-5-7-14(16)10-13/h5-7,10-11H,3-4,8-9,12H2,1-2H3,(H,17,20)/b18-11+. The molecule has 0 radical (unpaired) electrons. The molecule has 0 aliphatic carbocycles. The van der Waals surface area contributed by atoms with E-state index in [0.717, 1.165) is 25.2 Å². The first kappa shape index (κ1) is 17.5. The predicted molar refractivity (Wildman–Crippen MR) is 85.8 cm³/mol. The Bertz CT molecular complexity index is 462. The van der Waals surface area contributed by atoms with E-state index in [9.17, 15) is 4.79 Å². The fraction of sp³-hybridized carbons (Fsp3) is 0.467. The number of nitrogens with zero attached hydrogens (tertiary/aromatic N) is 2. The predicted octanol–water partition coefficient (Wildman–Crippen LogP) is 2.15. The van der Waals surface area contributed by atoms with Gasteiger partial charge in [0.2, 0.25) is 0 Å². The number of amides is 1. The fourth-order valence-corrected chi connectivity index (χ4v) is 1.92. The quantitative estimate of drug-likeness (QED) is 0.561. The first-order valence-corrected chi connectivity index (χ1v) is 7.43. The molecule has 1 amide bonds. The third-order valence-corrected chi connectivity index (χ3v) is 3.20. The largest absolute Gasteiger partial charge is 0.386 e. The zero-order valence-electron chi connectivity index (χ0n) is 12.5. The Balaban J connectivity index is 2.18. The monoisotopic (exact) mass is 311 g/mol. The number of halogens is 1. The number of carbonyl (C=O) groups is 1. The molecule has 0 spiro atoms. The second-order valence-electron chi connectivity index (χ2n) is 4.44. The summed E-state index contributed by atoms with van der Waals surface area (Å²) in [5, 5.41) is 7.16. The molecule has 0 aliphatic rings. The van der Waals surface area contributed by atoms with Gasteiger partial charge in [0.15, 0.2) is 6.61 Å². The van der Waals surface area contributed by atoms with E-state index in [1.54, 1.807) is 12.1 Å². The average molecular weight is 312 g/mol. The lowest BCUT2D eigenvalue weighted by Gasteiger charge is -2.17. The zero-order valence-corrected chi connectivity index (χ0v) is 13.3. The Hall–Kier alpha value is -1.59. The van der Waals surface area contributed by atoms with Gasteiger partial charge < -0.3 is 15.1 Å². The van der Waals surface area contributed by atoms with Crippen LogP contribution in [0.5, 0.6) is 0 Å². The van der Waals surface area contributed by atoms with Gasteiger partial charge in [0, 0.05) is 18.1 Å². The highest BCUT2D eigenvalue weighted by atomic mass is 35.5. The van der Waals surface area contributed by atoms with Gasteiger partial charge in [-0.25, -0.2) is 0 Å².